The molecular formula is C39H41N6O9P. The lowest BCUT2D eigenvalue weighted by molar-refractivity contribution is 0.0193. The third-order valence-corrected chi connectivity index (χ3v) is 10.9. The van der Waals surface area contributed by atoms with Crippen molar-refractivity contribution in [2.24, 2.45) is 14.1 Å². The molecule has 1 saturated heterocycles. The molecule has 16 heteroatoms. The largest absolute Gasteiger partial charge is 0.524 e. The van der Waals surface area contributed by atoms with Gasteiger partial charge in [0.2, 0.25) is 6.79 Å². The van der Waals surface area contributed by atoms with Crippen LogP contribution in [-0.2, 0) is 36.4 Å². The van der Waals surface area contributed by atoms with E-state index in [0.29, 0.717) is 77.3 Å². The number of phosphoric acid groups is 1. The lowest BCUT2D eigenvalue weighted by atomic mass is 9.92. The highest BCUT2D eigenvalue weighted by Gasteiger charge is 2.35. The normalized spacial score (nSPS) is 16.9. The van der Waals surface area contributed by atoms with Gasteiger partial charge in [-0.3, -0.25) is 33.9 Å². The second kappa shape index (κ2) is 14.7. The molecule has 0 saturated carbocycles. The minimum absolute atomic E-state index is 0.0249. The smallest absolute Gasteiger partial charge is 0.454 e. The number of rotatable bonds is 9. The van der Waals surface area contributed by atoms with Crippen molar-refractivity contribution in [2.45, 2.75) is 25.9 Å². The first-order valence-corrected chi connectivity index (χ1v) is 19.4. The lowest BCUT2D eigenvalue weighted by Crippen LogP contribution is -2.52. The van der Waals surface area contributed by atoms with Gasteiger partial charge >= 0.3 is 7.82 Å². The number of carbonyl (C=O) groups excluding carboxylic acids is 2. The van der Waals surface area contributed by atoms with E-state index in [1.807, 2.05) is 41.6 Å². The summed E-state index contributed by atoms with van der Waals surface area (Å²) >= 11 is 0. The van der Waals surface area contributed by atoms with Gasteiger partial charge in [-0.2, -0.15) is 5.10 Å². The molecule has 0 unspecified atom stereocenters. The molecule has 2 amide bonds. The summed E-state index contributed by atoms with van der Waals surface area (Å²) in [6.45, 7) is 5.94. The van der Waals surface area contributed by atoms with Crippen LogP contribution in [0.5, 0.6) is 17.2 Å². The van der Waals surface area contributed by atoms with Crippen LogP contribution in [-0.4, -0.2) is 91.4 Å². The summed E-state index contributed by atoms with van der Waals surface area (Å²) in [5.41, 5.74) is 5.88. The summed E-state index contributed by atoms with van der Waals surface area (Å²) in [6.07, 6.45) is 3.96. The summed E-state index contributed by atoms with van der Waals surface area (Å²) in [5.74, 6) is 0.385. The van der Waals surface area contributed by atoms with Crippen LogP contribution in [0, 0.1) is 6.92 Å². The molecule has 5 heterocycles. The number of anilines is 2. The van der Waals surface area contributed by atoms with E-state index in [1.54, 1.807) is 36.3 Å². The fourth-order valence-electron chi connectivity index (χ4n) is 7.55. The molecule has 3 aromatic carbocycles. The van der Waals surface area contributed by atoms with Crippen molar-refractivity contribution in [3.05, 3.63) is 107 Å². The van der Waals surface area contributed by atoms with Gasteiger partial charge in [-0.15, -0.1) is 0 Å². The summed E-state index contributed by atoms with van der Waals surface area (Å²) in [4.78, 5) is 54.0. The zero-order valence-electron chi connectivity index (χ0n) is 30.6. The first kappa shape index (κ1) is 36.5. The molecule has 1 atom stereocenters. The van der Waals surface area contributed by atoms with Crippen LogP contribution < -0.4 is 18.9 Å². The lowest BCUT2D eigenvalue weighted by Gasteiger charge is -2.40. The van der Waals surface area contributed by atoms with Crippen molar-refractivity contribution in [3.63, 3.8) is 0 Å². The highest BCUT2D eigenvalue weighted by atomic mass is 31.2. The number of ether oxygens (including phenoxy) is 3. The van der Waals surface area contributed by atoms with E-state index in [-0.39, 0.29) is 30.4 Å². The van der Waals surface area contributed by atoms with Gasteiger partial charge in [0, 0.05) is 75.2 Å². The number of hydrogen-bond donors (Lipinski definition) is 2. The third kappa shape index (κ3) is 7.36. The average molecular weight is 769 g/mol. The molecule has 0 aliphatic carbocycles. The van der Waals surface area contributed by atoms with Crippen LogP contribution in [0.3, 0.4) is 0 Å². The molecular weight excluding hydrogens is 727 g/mol. The number of carbonyl (C=O) groups is 2. The zero-order valence-corrected chi connectivity index (χ0v) is 31.5. The third-order valence-electron chi connectivity index (χ3n) is 10.4. The van der Waals surface area contributed by atoms with Crippen LogP contribution >= 0.6 is 7.82 Å². The molecule has 3 aliphatic heterocycles. The van der Waals surface area contributed by atoms with Crippen molar-refractivity contribution >= 4 is 31.0 Å². The van der Waals surface area contributed by atoms with Gasteiger partial charge in [0.15, 0.2) is 11.5 Å². The number of hydrogen-bond acceptors (Lipinski definition) is 9. The van der Waals surface area contributed by atoms with E-state index in [2.05, 4.69) is 22.1 Å². The summed E-state index contributed by atoms with van der Waals surface area (Å²) in [5, 5.41) is 4.28. The highest BCUT2D eigenvalue weighted by molar-refractivity contribution is 7.46. The molecule has 3 aliphatic rings. The van der Waals surface area contributed by atoms with Gasteiger partial charge in [-0.1, -0.05) is 24.3 Å². The number of fused-ring (bicyclic) bond motifs is 2. The Balaban J connectivity index is 1.18. The van der Waals surface area contributed by atoms with E-state index < -0.39 is 7.82 Å². The Morgan fingerprint density at radius 1 is 0.945 bits per heavy atom. The fourth-order valence-corrected chi connectivity index (χ4v) is 7.95. The standard InChI is InChI=1S/C39H41N6O9P/c1-25-32(39(47)45(30-20-40-41(2)22-30)28-8-10-31(11-9-28)54-55(48,49)50)17-35(42(25)3)33-18-36-37(53-24-52-36)19-34(33)38(46)44-21-27-7-5-4-6-26(27)16-29(44)23-43-12-14-51-15-13-43/h4-11,17-20,22,29H,12-16,21,23-24H2,1-3H3,(H2,48,49,50)/t29-/m0/s1. The Hall–Kier alpha value is -5.44. The summed E-state index contributed by atoms with van der Waals surface area (Å²) in [7, 11) is -1.20. The summed E-state index contributed by atoms with van der Waals surface area (Å²) < 4.78 is 36.8. The Morgan fingerprint density at radius 3 is 2.35 bits per heavy atom. The molecule has 0 radical (unpaired) electrons. The van der Waals surface area contributed by atoms with Crippen molar-refractivity contribution < 1.29 is 42.7 Å². The van der Waals surface area contributed by atoms with Gasteiger partial charge in [0.1, 0.15) is 5.75 Å². The van der Waals surface area contributed by atoms with Gasteiger partial charge in [-0.25, -0.2) is 4.57 Å². The second-order valence-electron chi connectivity index (χ2n) is 13.9. The molecule has 8 rings (SSSR count). The Labute approximate surface area is 317 Å². The predicted molar refractivity (Wildman–Crippen MR) is 202 cm³/mol. The number of amides is 2. The van der Waals surface area contributed by atoms with Crippen LogP contribution in [0.1, 0.15) is 37.5 Å². The molecule has 2 N–H and O–H groups in total. The number of morpholine rings is 1. The monoisotopic (exact) mass is 768 g/mol. The average Bonchev–Trinajstić information content (AvgIpc) is 3.89. The van der Waals surface area contributed by atoms with Crippen LogP contribution in [0.25, 0.3) is 11.3 Å². The maximum Gasteiger partial charge on any atom is 0.524 e. The molecule has 5 aromatic rings. The highest BCUT2D eigenvalue weighted by Crippen LogP contribution is 2.42. The minimum Gasteiger partial charge on any atom is -0.454 e. The van der Waals surface area contributed by atoms with Crippen molar-refractivity contribution in [1.29, 1.82) is 0 Å². The van der Waals surface area contributed by atoms with E-state index in [0.717, 1.165) is 25.1 Å². The van der Waals surface area contributed by atoms with Crippen LogP contribution in [0.4, 0.5) is 11.4 Å². The zero-order chi connectivity index (χ0) is 38.4. The topological polar surface area (TPSA) is 161 Å². The maximum absolute atomic E-state index is 15.0. The quantitative estimate of drug-likeness (QED) is 0.198. The van der Waals surface area contributed by atoms with E-state index >= 15 is 4.79 Å². The van der Waals surface area contributed by atoms with Crippen molar-refractivity contribution in [2.75, 3.05) is 44.5 Å². The number of aryl methyl sites for hydroxylation is 1. The fraction of sp³-hybridized carbons (Fsp3) is 0.308. The molecule has 0 spiro atoms. The first-order chi connectivity index (χ1) is 26.4. The molecule has 1 fully saturated rings. The van der Waals surface area contributed by atoms with E-state index in [1.165, 1.54) is 34.7 Å². The number of nitrogens with zero attached hydrogens (tertiary/aromatic N) is 6. The van der Waals surface area contributed by atoms with Gasteiger partial charge in [0.05, 0.1) is 36.2 Å². The van der Waals surface area contributed by atoms with Crippen molar-refractivity contribution in [1.82, 2.24) is 24.1 Å². The molecule has 0 bridgehead atoms. The molecule has 286 valence electrons. The Bertz CT molecular complexity index is 2310. The first-order valence-electron chi connectivity index (χ1n) is 17.9. The Kier molecular flexibility index (Phi) is 9.74. The summed E-state index contributed by atoms with van der Waals surface area (Å²) in [6, 6.07) is 19.3. The van der Waals surface area contributed by atoms with Crippen LogP contribution in [0.2, 0.25) is 0 Å². The van der Waals surface area contributed by atoms with Gasteiger partial charge < -0.3 is 28.2 Å². The number of phosphoric ester groups is 1. The SMILES string of the molecule is Cc1c(C(=O)N(c2ccc(OP(=O)(O)O)cc2)c2cnn(C)c2)cc(-c2cc3c(cc2C(=O)N2Cc4ccccc4C[C@H]2CN2CCOCC2)OCO3)n1C. The second-order valence-corrected chi connectivity index (χ2v) is 15.1. The molecule has 2 aromatic heterocycles. The van der Waals surface area contributed by atoms with Gasteiger partial charge in [0.25, 0.3) is 11.8 Å². The van der Waals surface area contributed by atoms with Gasteiger partial charge in [-0.05, 0) is 66.9 Å². The Morgan fingerprint density at radius 2 is 1.65 bits per heavy atom. The van der Waals surface area contributed by atoms with Crippen molar-refractivity contribution in [3.8, 4) is 28.5 Å². The maximum atomic E-state index is 15.0. The van der Waals surface area contributed by atoms with Crippen LogP contribution in [0.15, 0.2) is 79.1 Å². The minimum atomic E-state index is -4.79. The molecule has 55 heavy (non-hydrogen) atoms. The number of benzene rings is 3. The van der Waals surface area contributed by atoms with E-state index in [4.69, 9.17) is 18.7 Å². The predicted octanol–water partition coefficient (Wildman–Crippen LogP) is 4.81. The number of aromatic nitrogens is 3. The van der Waals surface area contributed by atoms with E-state index in [9.17, 15) is 19.1 Å². The molecule has 15 nitrogen and oxygen atoms in total.